The first-order chi connectivity index (χ1) is 11.1. The number of hydrogen-bond donors (Lipinski definition) is 3. The summed E-state index contributed by atoms with van der Waals surface area (Å²) >= 11 is 0. The molecule has 0 saturated carbocycles. The molecule has 0 unspecified atom stereocenters. The maximum absolute atomic E-state index is 12.2. The number of hydrazone groups is 1. The van der Waals surface area contributed by atoms with Crippen molar-refractivity contribution in [2.24, 2.45) is 5.10 Å². The molecular formula is C18H20N2O3. The number of carbonyl (C=O) groups is 1. The lowest BCUT2D eigenvalue weighted by atomic mass is 10.0. The van der Waals surface area contributed by atoms with Crippen LogP contribution >= 0.6 is 0 Å². The molecule has 0 aliphatic heterocycles. The number of aromatic hydroxyl groups is 2. The summed E-state index contributed by atoms with van der Waals surface area (Å²) in [5, 5.41) is 23.3. The van der Waals surface area contributed by atoms with E-state index in [-0.39, 0.29) is 17.1 Å². The van der Waals surface area contributed by atoms with E-state index < -0.39 is 5.91 Å². The minimum Gasteiger partial charge on any atom is -0.508 e. The molecule has 5 heteroatoms. The normalized spacial score (nSPS) is 10.9. The molecule has 0 aliphatic rings. The molecule has 0 aromatic heterocycles. The Labute approximate surface area is 135 Å². The summed E-state index contributed by atoms with van der Waals surface area (Å²) in [7, 11) is 0. The van der Waals surface area contributed by atoms with Crippen LogP contribution in [0.2, 0.25) is 0 Å². The third-order valence-electron chi connectivity index (χ3n) is 3.61. The molecule has 2 aromatic carbocycles. The summed E-state index contributed by atoms with van der Waals surface area (Å²) in [6.45, 7) is 3.89. The van der Waals surface area contributed by atoms with E-state index in [1.165, 1.54) is 12.3 Å². The molecule has 0 spiro atoms. The van der Waals surface area contributed by atoms with Crippen LogP contribution in [-0.2, 0) is 12.8 Å². The number of phenols is 2. The Kier molecular flexibility index (Phi) is 5.36. The van der Waals surface area contributed by atoms with E-state index >= 15 is 0 Å². The zero-order valence-corrected chi connectivity index (χ0v) is 13.2. The quantitative estimate of drug-likeness (QED) is 0.586. The summed E-state index contributed by atoms with van der Waals surface area (Å²) < 4.78 is 0. The van der Waals surface area contributed by atoms with Crippen LogP contribution in [0.25, 0.3) is 0 Å². The fraction of sp³-hybridized carbons (Fsp3) is 0.222. The number of aryl methyl sites for hydroxylation is 2. The van der Waals surface area contributed by atoms with Gasteiger partial charge in [-0.2, -0.15) is 5.10 Å². The summed E-state index contributed by atoms with van der Waals surface area (Å²) in [6.07, 6.45) is 2.91. The first-order valence-corrected chi connectivity index (χ1v) is 7.53. The number of rotatable bonds is 5. The molecule has 0 saturated heterocycles. The van der Waals surface area contributed by atoms with E-state index in [0.29, 0.717) is 6.42 Å². The number of phenolic OH excluding ortho intramolecular Hbond substituents is 2. The standard InChI is InChI=1S/C18H20N2O3/c1-3-12-6-5-7-16(22)17(12)18(23)20-19-11-14-8-9-15(21)10-13(14)4-2/h5-11,21-22H,3-4H2,1-2H3,(H,20,23)/b19-11+. The maximum atomic E-state index is 12.2. The molecule has 0 bridgehead atoms. The van der Waals surface area contributed by atoms with Crippen LogP contribution in [0, 0.1) is 0 Å². The Balaban J connectivity index is 2.17. The molecule has 0 heterocycles. The van der Waals surface area contributed by atoms with E-state index in [1.54, 1.807) is 30.3 Å². The van der Waals surface area contributed by atoms with Crippen molar-refractivity contribution in [2.45, 2.75) is 26.7 Å². The van der Waals surface area contributed by atoms with Gasteiger partial charge < -0.3 is 10.2 Å². The molecule has 120 valence electrons. The average Bonchev–Trinajstić information content (AvgIpc) is 2.55. The lowest BCUT2D eigenvalue weighted by Gasteiger charge is -2.08. The predicted octanol–water partition coefficient (Wildman–Crippen LogP) is 2.99. The SMILES string of the molecule is CCc1cc(O)ccc1/C=N/NC(=O)c1c(O)cccc1CC. The summed E-state index contributed by atoms with van der Waals surface area (Å²) in [4.78, 5) is 12.2. The van der Waals surface area contributed by atoms with Gasteiger partial charge in [-0.15, -0.1) is 0 Å². The molecule has 3 N–H and O–H groups in total. The Morgan fingerprint density at radius 2 is 1.87 bits per heavy atom. The summed E-state index contributed by atoms with van der Waals surface area (Å²) in [5.41, 5.74) is 5.19. The third kappa shape index (κ3) is 3.88. The van der Waals surface area contributed by atoms with E-state index in [4.69, 9.17) is 0 Å². The molecule has 2 rings (SSSR count). The topological polar surface area (TPSA) is 81.9 Å². The van der Waals surface area contributed by atoms with Gasteiger partial charge in [0.1, 0.15) is 11.5 Å². The van der Waals surface area contributed by atoms with Crippen LogP contribution in [0.5, 0.6) is 11.5 Å². The van der Waals surface area contributed by atoms with Crippen molar-refractivity contribution in [3.63, 3.8) is 0 Å². The van der Waals surface area contributed by atoms with Gasteiger partial charge in [-0.1, -0.05) is 26.0 Å². The van der Waals surface area contributed by atoms with E-state index in [2.05, 4.69) is 10.5 Å². The first-order valence-electron chi connectivity index (χ1n) is 7.53. The lowest BCUT2D eigenvalue weighted by molar-refractivity contribution is 0.0951. The van der Waals surface area contributed by atoms with Gasteiger partial charge in [0.15, 0.2) is 0 Å². The Bertz CT molecular complexity index is 739. The Morgan fingerprint density at radius 1 is 1.13 bits per heavy atom. The van der Waals surface area contributed by atoms with Crippen molar-refractivity contribution in [3.05, 3.63) is 58.7 Å². The molecule has 0 atom stereocenters. The van der Waals surface area contributed by atoms with Gasteiger partial charge >= 0.3 is 0 Å². The largest absolute Gasteiger partial charge is 0.508 e. The zero-order valence-electron chi connectivity index (χ0n) is 13.2. The minimum absolute atomic E-state index is 0.0593. The number of benzene rings is 2. The Morgan fingerprint density at radius 3 is 2.57 bits per heavy atom. The Hall–Kier alpha value is -2.82. The van der Waals surface area contributed by atoms with Crippen LogP contribution < -0.4 is 5.43 Å². The molecule has 1 amide bonds. The van der Waals surface area contributed by atoms with Crippen LogP contribution in [-0.4, -0.2) is 22.3 Å². The van der Waals surface area contributed by atoms with Gasteiger partial charge in [-0.05, 0) is 53.8 Å². The van der Waals surface area contributed by atoms with Crippen LogP contribution in [0.1, 0.15) is 40.9 Å². The van der Waals surface area contributed by atoms with E-state index in [9.17, 15) is 15.0 Å². The average molecular weight is 312 g/mol. The highest BCUT2D eigenvalue weighted by Gasteiger charge is 2.14. The van der Waals surface area contributed by atoms with Crippen molar-refractivity contribution in [1.82, 2.24) is 5.43 Å². The van der Waals surface area contributed by atoms with Gasteiger partial charge in [-0.3, -0.25) is 4.79 Å². The molecule has 2 aromatic rings. The van der Waals surface area contributed by atoms with Gasteiger partial charge in [0.2, 0.25) is 0 Å². The van der Waals surface area contributed by atoms with Gasteiger partial charge in [0.25, 0.3) is 5.91 Å². The fourth-order valence-corrected chi connectivity index (χ4v) is 2.38. The minimum atomic E-state index is -0.451. The number of nitrogens with one attached hydrogen (secondary N) is 1. The summed E-state index contributed by atoms with van der Waals surface area (Å²) in [5.74, 6) is -0.311. The molecule has 0 radical (unpaired) electrons. The van der Waals surface area contributed by atoms with Crippen molar-refractivity contribution in [3.8, 4) is 11.5 Å². The van der Waals surface area contributed by atoms with E-state index in [1.807, 2.05) is 13.8 Å². The van der Waals surface area contributed by atoms with Crippen LogP contribution in [0.15, 0.2) is 41.5 Å². The number of nitrogens with zero attached hydrogens (tertiary/aromatic N) is 1. The maximum Gasteiger partial charge on any atom is 0.275 e. The van der Waals surface area contributed by atoms with Crippen molar-refractivity contribution >= 4 is 12.1 Å². The van der Waals surface area contributed by atoms with Crippen LogP contribution in [0.3, 0.4) is 0 Å². The van der Waals surface area contributed by atoms with Crippen LogP contribution in [0.4, 0.5) is 0 Å². The first kappa shape index (κ1) is 16.5. The fourth-order valence-electron chi connectivity index (χ4n) is 2.38. The second-order valence-corrected chi connectivity index (χ2v) is 5.10. The predicted molar refractivity (Wildman–Crippen MR) is 90.0 cm³/mol. The summed E-state index contributed by atoms with van der Waals surface area (Å²) in [6, 6.07) is 9.96. The highest BCUT2D eigenvalue weighted by Crippen LogP contribution is 2.21. The monoisotopic (exact) mass is 312 g/mol. The van der Waals surface area contributed by atoms with Gasteiger partial charge in [0, 0.05) is 0 Å². The number of hydrogen-bond acceptors (Lipinski definition) is 4. The number of carbonyl (C=O) groups excluding carboxylic acids is 1. The highest BCUT2D eigenvalue weighted by atomic mass is 16.3. The van der Waals surface area contributed by atoms with Gasteiger partial charge in [-0.25, -0.2) is 5.43 Å². The number of amides is 1. The highest BCUT2D eigenvalue weighted by molar-refractivity contribution is 5.98. The molecular weight excluding hydrogens is 292 g/mol. The second kappa shape index (κ2) is 7.45. The van der Waals surface area contributed by atoms with E-state index in [0.717, 1.165) is 23.1 Å². The van der Waals surface area contributed by atoms with Crippen molar-refractivity contribution < 1.29 is 15.0 Å². The lowest BCUT2D eigenvalue weighted by Crippen LogP contribution is -2.19. The van der Waals surface area contributed by atoms with Gasteiger partial charge in [0.05, 0.1) is 11.8 Å². The van der Waals surface area contributed by atoms with Crippen molar-refractivity contribution in [1.29, 1.82) is 0 Å². The molecule has 0 aliphatic carbocycles. The smallest absolute Gasteiger partial charge is 0.275 e. The third-order valence-corrected chi connectivity index (χ3v) is 3.61. The van der Waals surface area contributed by atoms with Crippen molar-refractivity contribution in [2.75, 3.05) is 0 Å². The molecule has 23 heavy (non-hydrogen) atoms. The molecule has 5 nitrogen and oxygen atoms in total. The second-order valence-electron chi connectivity index (χ2n) is 5.10. The zero-order chi connectivity index (χ0) is 16.8. The molecule has 0 fully saturated rings.